The molecule has 0 aliphatic rings. The Bertz CT molecular complexity index is 750. The highest BCUT2D eigenvalue weighted by Gasteiger charge is 2.09. The third-order valence-corrected chi connectivity index (χ3v) is 3.72. The van der Waals surface area contributed by atoms with Gasteiger partial charge in [0.15, 0.2) is 0 Å². The van der Waals surface area contributed by atoms with E-state index in [0.29, 0.717) is 5.02 Å². The second-order valence-electron chi connectivity index (χ2n) is 4.92. The first-order valence-corrected chi connectivity index (χ1v) is 7.11. The van der Waals surface area contributed by atoms with Crippen LogP contribution in [0, 0.1) is 0 Å². The van der Waals surface area contributed by atoms with Crippen molar-refractivity contribution in [3.05, 3.63) is 71.5 Å². The molecule has 0 aliphatic carbocycles. The third kappa shape index (κ3) is 2.84. The lowest BCUT2D eigenvalue weighted by Crippen LogP contribution is -1.97. The standard InChI is InChI=1S/C17H15ClN2O/c1-12(21)16-8-7-15(9-17(16)18)20-11-14(10-19-20)13-5-3-2-4-6-13/h2-12,21H,1H3. The largest absolute Gasteiger partial charge is 0.389 e. The summed E-state index contributed by atoms with van der Waals surface area (Å²) < 4.78 is 1.78. The summed E-state index contributed by atoms with van der Waals surface area (Å²) >= 11 is 6.20. The Balaban J connectivity index is 1.95. The molecule has 1 unspecified atom stereocenters. The fourth-order valence-corrected chi connectivity index (χ4v) is 2.57. The van der Waals surface area contributed by atoms with Crippen LogP contribution in [0.3, 0.4) is 0 Å². The summed E-state index contributed by atoms with van der Waals surface area (Å²) in [6, 6.07) is 15.6. The summed E-state index contributed by atoms with van der Waals surface area (Å²) in [6.07, 6.45) is 3.21. The van der Waals surface area contributed by atoms with Crippen LogP contribution < -0.4 is 0 Å². The predicted octanol–water partition coefficient (Wildman–Crippen LogP) is 4.25. The van der Waals surface area contributed by atoms with Gasteiger partial charge in [0.2, 0.25) is 0 Å². The number of rotatable bonds is 3. The molecule has 3 aromatic rings. The van der Waals surface area contributed by atoms with E-state index in [9.17, 15) is 5.11 Å². The van der Waals surface area contributed by atoms with Crippen LogP contribution in [0.2, 0.25) is 5.02 Å². The van der Waals surface area contributed by atoms with Gasteiger partial charge in [0, 0.05) is 16.8 Å². The normalized spacial score (nSPS) is 12.3. The SMILES string of the molecule is CC(O)c1ccc(-n2cc(-c3ccccc3)cn2)cc1Cl. The molecule has 0 saturated carbocycles. The third-order valence-electron chi connectivity index (χ3n) is 3.39. The Morgan fingerprint density at radius 1 is 1.10 bits per heavy atom. The van der Waals surface area contributed by atoms with E-state index in [1.807, 2.05) is 60.9 Å². The average molecular weight is 299 g/mol. The smallest absolute Gasteiger partial charge is 0.0776 e. The van der Waals surface area contributed by atoms with Gasteiger partial charge >= 0.3 is 0 Å². The van der Waals surface area contributed by atoms with Crippen LogP contribution >= 0.6 is 11.6 Å². The van der Waals surface area contributed by atoms with E-state index in [-0.39, 0.29) is 0 Å². The first-order chi connectivity index (χ1) is 10.1. The maximum Gasteiger partial charge on any atom is 0.0776 e. The molecule has 1 heterocycles. The Morgan fingerprint density at radius 3 is 2.52 bits per heavy atom. The van der Waals surface area contributed by atoms with E-state index in [1.54, 1.807) is 11.6 Å². The number of benzene rings is 2. The number of aliphatic hydroxyl groups excluding tert-OH is 1. The molecule has 0 amide bonds. The van der Waals surface area contributed by atoms with Gasteiger partial charge in [-0.3, -0.25) is 0 Å². The lowest BCUT2D eigenvalue weighted by atomic mass is 10.1. The maximum atomic E-state index is 9.61. The van der Waals surface area contributed by atoms with Crippen LogP contribution in [0.4, 0.5) is 0 Å². The van der Waals surface area contributed by atoms with Crippen molar-refractivity contribution < 1.29 is 5.11 Å². The van der Waals surface area contributed by atoms with Crippen molar-refractivity contribution in [3.8, 4) is 16.8 Å². The van der Waals surface area contributed by atoms with E-state index < -0.39 is 6.10 Å². The summed E-state index contributed by atoms with van der Waals surface area (Å²) in [6.45, 7) is 1.70. The van der Waals surface area contributed by atoms with Gasteiger partial charge in [-0.2, -0.15) is 5.10 Å². The zero-order valence-corrected chi connectivity index (χ0v) is 12.3. The van der Waals surface area contributed by atoms with E-state index in [0.717, 1.165) is 22.4 Å². The van der Waals surface area contributed by atoms with E-state index >= 15 is 0 Å². The van der Waals surface area contributed by atoms with Crippen LogP contribution in [0.15, 0.2) is 60.9 Å². The summed E-state index contributed by atoms with van der Waals surface area (Å²) in [4.78, 5) is 0. The van der Waals surface area contributed by atoms with Gasteiger partial charge in [-0.1, -0.05) is 48.0 Å². The maximum absolute atomic E-state index is 9.61. The zero-order valence-electron chi connectivity index (χ0n) is 11.6. The zero-order chi connectivity index (χ0) is 14.8. The van der Waals surface area contributed by atoms with Crippen LogP contribution in [-0.4, -0.2) is 14.9 Å². The molecular weight excluding hydrogens is 284 g/mol. The first-order valence-electron chi connectivity index (χ1n) is 6.73. The average Bonchev–Trinajstić information content (AvgIpc) is 2.97. The monoisotopic (exact) mass is 298 g/mol. The molecule has 0 radical (unpaired) electrons. The quantitative estimate of drug-likeness (QED) is 0.785. The van der Waals surface area contributed by atoms with E-state index in [2.05, 4.69) is 5.10 Å². The molecule has 21 heavy (non-hydrogen) atoms. The molecule has 0 bridgehead atoms. The highest BCUT2D eigenvalue weighted by atomic mass is 35.5. The number of aromatic nitrogens is 2. The summed E-state index contributed by atoms with van der Waals surface area (Å²) in [5, 5.41) is 14.5. The Kier molecular flexibility index (Phi) is 3.78. The summed E-state index contributed by atoms with van der Waals surface area (Å²) in [5.74, 6) is 0. The molecule has 3 nitrogen and oxygen atoms in total. The van der Waals surface area contributed by atoms with Crippen molar-refractivity contribution in [3.63, 3.8) is 0 Å². The predicted molar refractivity (Wildman–Crippen MR) is 84.6 cm³/mol. The first kappa shape index (κ1) is 13.9. The highest BCUT2D eigenvalue weighted by molar-refractivity contribution is 6.31. The van der Waals surface area contributed by atoms with Gasteiger partial charge in [0.1, 0.15) is 0 Å². The van der Waals surface area contributed by atoms with E-state index in [1.165, 1.54) is 0 Å². The molecule has 4 heteroatoms. The molecule has 0 fully saturated rings. The second-order valence-corrected chi connectivity index (χ2v) is 5.33. The topological polar surface area (TPSA) is 38.0 Å². The van der Waals surface area contributed by atoms with Crippen molar-refractivity contribution in [2.75, 3.05) is 0 Å². The molecule has 1 aromatic heterocycles. The number of halogens is 1. The van der Waals surface area contributed by atoms with Crippen molar-refractivity contribution in [1.82, 2.24) is 9.78 Å². The fraction of sp³-hybridized carbons (Fsp3) is 0.118. The van der Waals surface area contributed by atoms with E-state index in [4.69, 9.17) is 11.6 Å². The van der Waals surface area contributed by atoms with Crippen molar-refractivity contribution >= 4 is 11.6 Å². The van der Waals surface area contributed by atoms with Crippen LogP contribution in [0.1, 0.15) is 18.6 Å². The summed E-state index contributed by atoms with van der Waals surface area (Å²) in [7, 11) is 0. The van der Waals surface area contributed by atoms with Crippen LogP contribution in [0.5, 0.6) is 0 Å². The molecule has 3 rings (SSSR count). The molecule has 2 aromatic carbocycles. The van der Waals surface area contributed by atoms with Gasteiger partial charge in [-0.25, -0.2) is 4.68 Å². The number of hydrogen-bond donors (Lipinski definition) is 1. The fourth-order valence-electron chi connectivity index (χ4n) is 2.24. The van der Waals surface area contributed by atoms with Gasteiger partial charge in [-0.15, -0.1) is 0 Å². The Morgan fingerprint density at radius 2 is 1.86 bits per heavy atom. The lowest BCUT2D eigenvalue weighted by Gasteiger charge is -2.09. The van der Waals surface area contributed by atoms with Crippen LogP contribution in [-0.2, 0) is 0 Å². The van der Waals surface area contributed by atoms with Gasteiger partial charge in [0.05, 0.1) is 18.0 Å². The molecule has 106 valence electrons. The highest BCUT2D eigenvalue weighted by Crippen LogP contribution is 2.26. The minimum atomic E-state index is -0.580. The summed E-state index contributed by atoms with van der Waals surface area (Å²) in [5.41, 5.74) is 3.75. The molecular formula is C17H15ClN2O. The van der Waals surface area contributed by atoms with Crippen molar-refractivity contribution in [2.45, 2.75) is 13.0 Å². The van der Waals surface area contributed by atoms with Crippen molar-refractivity contribution in [1.29, 1.82) is 0 Å². The Hall–Kier alpha value is -2.10. The second kappa shape index (κ2) is 5.72. The minimum absolute atomic E-state index is 0.541. The number of hydrogen-bond acceptors (Lipinski definition) is 2. The number of nitrogens with zero attached hydrogens (tertiary/aromatic N) is 2. The van der Waals surface area contributed by atoms with Gasteiger partial charge in [-0.05, 0) is 30.2 Å². The minimum Gasteiger partial charge on any atom is -0.389 e. The number of aliphatic hydroxyl groups is 1. The lowest BCUT2D eigenvalue weighted by molar-refractivity contribution is 0.199. The van der Waals surface area contributed by atoms with Crippen molar-refractivity contribution in [2.24, 2.45) is 0 Å². The molecule has 0 aliphatic heterocycles. The molecule has 1 N–H and O–H groups in total. The Labute approximate surface area is 128 Å². The van der Waals surface area contributed by atoms with Gasteiger partial charge in [0.25, 0.3) is 0 Å². The van der Waals surface area contributed by atoms with Gasteiger partial charge < -0.3 is 5.11 Å². The molecule has 1 atom stereocenters. The molecule has 0 saturated heterocycles. The molecule has 0 spiro atoms. The van der Waals surface area contributed by atoms with Crippen LogP contribution in [0.25, 0.3) is 16.8 Å².